The number of rotatable bonds is 9. The summed E-state index contributed by atoms with van der Waals surface area (Å²) in [5, 5.41) is 10.8. The van der Waals surface area contributed by atoms with Crippen LogP contribution < -0.4 is 9.47 Å². The molecule has 9 heteroatoms. The number of nitrogens with zero attached hydrogens (tertiary/aromatic N) is 4. The van der Waals surface area contributed by atoms with E-state index >= 15 is 0 Å². The first-order valence-electron chi connectivity index (χ1n) is 14.7. The largest absolute Gasteiger partial charge is 0.496 e. The number of aliphatic hydroxyl groups is 1. The van der Waals surface area contributed by atoms with Gasteiger partial charge in [-0.25, -0.2) is 4.98 Å². The van der Waals surface area contributed by atoms with Gasteiger partial charge in [-0.15, -0.1) is 0 Å². The summed E-state index contributed by atoms with van der Waals surface area (Å²) in [4.78, 5) is 14.0. The van der Waals surface area contributed by atoms with Crippen LogP contribution in [0.2, 0.25) is 10.0 Å². The van der Waals surface area contributed by atoms with Crippen molar-refractivity contribution in [1.82, 2.24) is 19.8 Å². The Morgan fingerprint density at radius 1 is 0.930 bits per heavy atom. The van der Waals surface area contributed by atoms with Crippen molar-refractivity contribution in [2.75, 3.05) is 40.4 Å². The molecule has 0 bridgehead atoms. The van der Waals surface area contributed by atoms with Crippen LogP contribution >= 0.6 is 23.2 Å². The number of aliphatic hydroxyl groups excluding tert-OH is 1. The van der Waals surface area contributed by atoms with E-state index in [9.17, 15) is 5.11 Å². The SMILES string of the molecule is CCCN1CCc2c(cc(-c3cccc(-c4cccc(-c5cnc(CN6CC(O)C6)c(OC)n5)c4Cl)c3Cl)cc2OC)C1. The van der Waals surface area contributed by atoms with Crippen LogP contribution in [-0.4, -0.2) is 71.4 Å². The van der Waals surface area contributed by atoms with Crippen LogP contribution in [0, 0.1) is 0 Å². The Morgan fingerprint density at radius 3 is 2.30 bits per heavy atom. The Bertz CT molecular complexity index is 1640. The molecule has 224 valence electrons. The molecule has 1 fully saturated rings. The maximum atomic E-state index is 9.63. The summed E-state index contributed by atoms with van der Waals surface area (Å²) < 4.78 is 11.4. The van der Waals surface area contributed by atoms with Crippen LogP contribution in [0.15, 0.2) is 54.7 Å². The van der Waals surface area contributed by atoms with E-state index in [4.69, 9.17) is 37.7 Å². The average molecular weight is 620 g/mol. The van der Waals surface area contributed by atoms with Crippen LogP contribution in [0.5, 0.6) is 11.6 Å². The van der Waals surface area contributed by atoms with E-state index in [0.29, 0.717) is 41.3 Å². The van der Waals surface area contributed by atoms with Crippen molar-refractivity contribution in [2.45, 2.75) is 39.0 Å². The minimum atomic E-state index is -0.282. The number of β-amino-alcohol motifs (C(OH)–C–C–N with tert-alkyl or cyclic N) is 1. The first kappa shape index (κ1) is 29.9. The third-order valence-electron chi connectivity index (χ3n) is 8.32. The standard InChI is InChI=1S/C34H36Cl2N4O3/c1-4-12-39-13-11-24-22(17-39)14-21(15-31(24)42-2)25-7-5-8-26(32(25)35)27-9-6-10-28(33(27)36)29-16-37-30(34(38-29)43-3)20-40-18-23(41)19-40/h5-10,14-16,23,41H,4,11-13,17-20H2,1-3H3. The molecule has 7 nitrogen and oxygen atoms in total. The summed E-state index contributed by atoms with van der Waals surface area (Å²) in [7, 11) is 3.32. The number of hydrogen-bond donors (Lipinski definition) is 1. The first-order valence-corrected chi connectivity index (χ1v) is 15.5. The summed E-state index contributed by atoms with van der Waals surface area (Å²) in [5.41, 5.74) is 8.24. The fourth-order valence-electron chi connectivity index (χ4n) is 6.15. The summed E-state index contributed by atoms with van der Waals surface area (Å²) in [6, 6.07) is 16.3. The van der Waals surface area contributed by atoms with Crippen molar-refractivity contribution in [3.63, 3.8) is 0 Å². The Kier molecular flexibility index (Phi) is 8.89. The highest BCUT2D eigenvalue weighted by molar-refractivity contribution is 6.39. The molecule has 0 radical (unpaired) electrons. The number of likely N-dealkylation sites (tertiary alicyclic amines) is 1. The fourth-order valence-corrected chi connectivity index (χ4v) is 6.81. The van der Waals surface area contributed by atoms with Gasteiger partial charge < -0.3 is 14.6 Å². The third-order valence-corrected chi connectivity index (χ3v) is 9.14. The van der Waals surface area contributed by atoms with E-state index < -0.39 is 0 Å². The highest BCUT2D eigenvalue weighted by Gasteiger charge is 2.26. The predicted molar refractivity (Wildman–Crippen MR) is 172 cm³/mol. The van der Waals surface area contributed by atoms with Crippen LogP contribution in [0.4, 0.5) is 0 Å². The van der Waals surface area contributed by atoms with Crippen LogP contribution in [0.25, 0.3) is 33.5 Å². The van der Waals surface area contributed by atoms with Crippen molar-refractivity contribution >= 4 is 23.2 Å². The van der Waals surface area contributed by atoms with Gasteiger partial charge >= 0.3 is 0 Å². The van der Waals surface area contributed by atoms with Gasteiger partial charge in [0.25, 0.3) is 0 Å². The number of ether oxygens (including phenoxy) is 2. The van der Waals surface area contributed by atoms with Gasteiger partial charge in [-0.1, -0.05) is 66.5 Å². The topological polar surface area (TPSA) is 71.0 Å². The molecule has 43 heavy (non-hydrogen) atoms. The molecule has 1 saturated heterocycles. The first-order chi connectivity index (χ1) is 20.9. The highest BCUT2D eigenvalue weighted by Crippen LogP contribution is 2.44. The number of methoxy groups -OCH3 is 2. The number of halogens is 2. The van der Waals surface area contributed by atoms with Crippen molar-refractivity contribution in [3.05, 3.63) is 81.6 Å². The zero-order valence-electron chi connectivity index (χ0n) is 24.7. The van der Waals surface area contributed by atoms with Crippen molar-refractivity contribution in [1.29, 1.82) is 0 Å². The number of hydrogen-bond acceptors (Lipinski definition) is 7. The predicted octanol–water partition coefficient (Wildman–Crippen LogP) is 6.75. The van der Waals surface area contributed by atoms with Crippen molar-refractivity contribution in [2.24, 2.45) is 0 Å². The van der Waals surface area contributed by atoms with Crippen molar-refractivity contribution in [3.8, 4) is 45.1 Å². The number of benzene rings is 3. The Morgan fingerprint density at radius 2 is 1.63 bits per heavy atom. The molecule has 2 aliphatic rings. The number of fused-ring (bicyclic) bond motifs is 1. The molecule has 6 rings (SSSR count). The molecule has 0 amide bonds. The van der Waals surface area contributed by atoms with Gasteiger partial charge in [0, 0.05) is 55.0 Å². The van der Waals surface area contributed by atoms with Crippen LogP contribution in [0.1, 0.15) is 30.2 Å². The van der Waals surface area contributed by atoms with E-state index in [1.807, 2.05) is 36.4 Å². The van der Waals surface area contributed by atoms with Gasteiger partial charge in [0.15, 0.2) is 0 Å². The Hall–Kier alpha value is -3.20. The van der Waals surface area contributed by atoms with Gasteiger partial charge in [-0.05, 0) is 48.2 Å². The lowest BCUT2D eigenvalue weighted by Gasteiger charge is -2.35. The molecule has 0 atom stereocenters. The quantitative estimate of drug-likeness (QED) is 0.222. The molecule has 0 unspecified atom stereocenters. The average Bonchev–Trinajstić information content (AvgIpc) is 3.00. The molecule has 1 N–H and O–H groups in total. The van der Waals surface area contributed by atoms with Gasteiger partial charge in [-0.3, -0.25) is 14.8 Å². The third kappa shape index (κ3) is 5.97. The van der Waals surface area contributed by atoms with Gasteiger partial charge in [0.05, 0.1) is 42.3 Å². The minimum absolute atomic E-state index is 0.282. The van der Waals surface area contributed by atoms with E-state index in [-0.39, 0.29) is 6.10 Å². The molecule has 0 saturated carbocycles. The second-order valence-electron chi connectivity index (χ2n) is 11.2. The van der Waals surface area contributed by atoms with E-state index in [1.54, 1.807) is 20.4 Å². The molecule has 0 spiro atoms. The fraction of sp³-hybridized carbons (Fsp3) is 0.353. The van der Waals surface area contributed by atoms with E-state index in [1.165, 1.54) is 11.1 Å². The second-order valence-corrected chi connectivity index (χ2v) is 12.0. The molecule has 1 aromatic heterocycles. The molecule has 3 aromatic carbocycles. The molecule has 2 aliphatic heterocycles. The van der Waals surface area contributed by atoms with Gasteiger partial charge in [0.2, 0.25) is 5.88 Å². The summed E-state index contributed by atoms with van der Waals surface area (Å²) in [5.74, 6) is 1.35. The molecule has 3 heterocycles. The number of aromatic nitrogens is 2. The maximum absolute atomic E-state index is 9.63. The smallest absolute Gasteiger partial charge is 0.237 e. The molecule has 4 aromatic rings. The molecular formula is C34H36Cl2N4O3. The van der Waals surface area contributed by atoms with Gasteiger partial charge in [0.1, 0.15) is 11.4 Å². The van der Waals surface area contributed by atoms with E-state index in [2.05, 4.69) is 33.8 Å². The van der Waals surface area contributed by atoms with E-state index in [0.717, 1.165) is 71.7 Å². The van der Waals surface area contributed by atoms with Crippen LogP contribution in [0.3, 0.4) is 0 Å². The van der Waals surface area contributed by atoms with Crippen LogP contribution in [-0.2, 0) is 19.5 Å². The minimum Gasteiger partial charge on any atom is -0.496 e. The highest BCUT2D eigenvalue weighted by atomic mass is 35.5. The lowest BCUT2D eigenvalue weighted by molar-refractivity contribution is -0.00402. The molecular weight excluding hydrogens is 583 g/mol. The summed E-state index contributed by atoms with van der Waals surface area (Å²) in [6.45, 7) is 7.06. The zero-order chi connectivity index (χ0) is 30.1. The lowest BCUT2D eigenvalue weighted by atomic mass is 9.92. The Balaban J connectivity index is 1.35. The normalized spacial score (nSPS) is 15.7. The van der Waals surface area contributed by atoms with Gasteiger partial charge in [-0.2, -0.15) is 0 Å². The second kappa shape index (κ2) is 12.8. The zero-order valence-corrected chi connectivity index (χ0v) is 26.3. The maximum Gasteiger partial charge on any atom is 0.237 e. The van der Waals surface area contributed by atoms with Crippen molar-refractivity contribution < 1.29 is 14.6 Å². The summed E-state index contributed by atoms with van der Waals surface area (Å²) >= 11 is 14.2. The lowest BCUT2D eigenvalue weighted by Crippen LogP contribution is -2.50. The molecule has 0 aliphatic carbocycles. The Labute approximate surface area is 263 Å². The monoisotopic (exact) mass is 618 g/mol. The summed E-state index contributed by atoms with van der Waals surface area (Å²) in [6.07, 6.45) is 3.55.